The van der Waals surface area contributed by atoms with E-state index in [9.17, 15) is 4.79 Å². The summed E-state index contributed by atoms with van der Waals surface area (Å²) in [6, 6.07) is 0. The van der Waals surface area contributed by atoms with Crippen LogP contribution in [0.4, 0.5) is 0 Å². The Kier molecular flexibility index (Phi) is 4.18. The van der Waals surface area contributed by atoms with Gasteiger partial charge in [0, 0.05) is 17.2 Å². The van der Waals surface area contributed by atoms with Crippen molar-refractivity contribution in [2.45, 2.75) is 77.0 Å². The molecule has 4 saturated carbocycles. The van der Waals surface area contributed by atoms with Gasteiger partial charge in [-0.05, 0) is 80.5 Å². The number of halogens is 1. The van der Waals surface area contributed by atoms with Crippen molar-refractivity contribution < 1.29 is 4.79 Å². The molecule has 4 fully saturated rings. The smallest absolute Gasteiger partial charge is 0.139 e. The van der Waals surface area contributed by atoms with Gasteiger partial charge in [0.2, 0.25) is 0 Å². The van der Waals surface area contributed by atoms with Crippen LogP contribution >= 0.6 is 11.6 Å². The first kappa shape index (κ1) is 16.8. The molecule has 22 heavy (non-hydrogen) atoms. The van der Waals surface area contributed by atoms with Gasteiger partial charge in [-0.15, -0.1) is 11.6 Å². The lowest BCUT2D eigenvalue weighted by Crippen LogP contribution is -2.53. The van der Waals surface area contributed by atoms with Crippen molar-refractivity contribution in [2.24, 2.45) is 34.5 Å². The minimum absolute atomic E-state index is 0. The Bertz CT molecular complexity index is 466. The Morgan fingerprint density at radius 2 is 1.77 bits per heavy atom. The summed E-state index contributed by atoms with van der Waals surface area (Å²) in [4.78, 5) is 12.4. The zero-order valence-corrected chi connectivity index (χ0v) is 15.0. The van der Waals surface area contributed by atoms with Gasteiger partial charge in [-0.2, -0.15) is 0 Å². The molecular weight excluding hydrogens is 294 g/mol. The third kappa shape index (κ3) is 2.13. The molecule has 0 aromatic carbocycles. The third-order valence-electron chi connectivity index (χ3n) is 8.31. The molecule has 0 radical (unpaired) electrons. The monoisotopic (exact) mass is 325 g/mol. The molecule has 0 aliphatic heterocycles. The van der Waals surface area contributed by atoms with Gasteiger partial charge in [0.15, 0.2) is 0 Å². The first-order valence-electron chi connectivity index (χ1n) is 9.12. The van der Waals surface area contributed by atoms with E-state index in [1.165, 1.54) is 44.9 Å². The second-order valence-electron chi connectivity index (χ2n) is 8.95. The van der Waals surface area contributed by atoms with Gasteiger partial charge in [-0.1, -0.05) is 13.8 Å². The fraction of sp³-hybridized carbons (Fsp3) is 0.947. The minimum atomic E-state index is 0. The quantitative estimate of drug-likeness (QED) is 0.609. The van der Waals surface area contributed by atoms with E-state index in [0.29, 0.717) is 22.5 Å². The number of hydrogen-bond acceptors (Lipinski definition) is 2. The van der Waals surface area contributed by atoms with E-state index in [-0.39, 0.29) is 11.6 Å². The summed E-state index contributed by atoms with van der Waals surface area (Å²) in [6.07, 6.45) is 11.0. The van der Waals surface area contributed by atoms with Crippen LogP contribution in [-0.2, 0) is 4.79 Å². The molecule has 3 heteroatoms. The van der Waals surface area contributed by atoms with Gasteiger partial charge in [-0.25, -0.2) is 0 Å². The molecule has 0 aromatic rings. The number of hydrogen-bond donors (Lipinski definition) is 1. The predicted octanol–water partition coefficient (Wildman–Crippen LogP) is 5.37. The van der Waals surface area contributed by atoms with Gasteiger partial charge in [-0.3, -0.25) is 4.79 Å². The van der Waals surface area contributed by atoms with Crippen LogP contribution in [0.15, 0.2) is 0 Å². The maximum absolute atomic E-state index is 12.4. The number of rotatable bonds is 0. The van der Waals surface area contributed by atoms with Crippen LogP contribution in [0, 0.1) is 34.5 Å². The molecule has 3 N–H and O–H groups in total. The minimum Gasteiger partial charge on any atom is -0.344 e. The van der Waals surface area contributed by atoms with Crippen LogP contribution in [-0.4, -0.2) is 11.2 Å². The van der Waals surface area contributed by atoms with Crippen LogP contribution in [0.3, 0.4) is 0 Å². The lowest BCUT2D eigenvalue weighted by molar-refractivity contribution is -0.138. The highest BCUT2D eigenvalue weighted by atomic mass is 35.5. The van der Waals surface area contributed by atoms with Gasteiger partial charge in [0.25, 0.3) is 0 Å². The zero-order valence-electron chi connectivity index (χ0n) is 14.2. The first-order valence-corrected chi connectivity index (χ1v) is 9.56. The molecule has 0 unspecified atom stereocenters. The lowest BCUT2D eigenvalue weighted by Gasteiger charge is -2.60. The number of carbonyl (C=O) groups excluding carboxylic acids is 1. The summed E-state index contributed by atoms with van der Waals surface area (Å²) >= 11 is 6.46. The van der Waals surface area contributed by atoms with E-state index < -0.39 is 0 Å². The fourth-order valence-electron chi connectivity index (χ4n) is 6.98. The van der Waals surface area contributed by atoms with E-state index in [4.69, 9.17) is 11.6 Å². The number of ketones is 1. The number of carbonyl (C=O) groups is 1. The summed E-state index contributed by atoms with van der Waals surface area (Å²) in [5, 5.41) is 0.418. The topological polar surface area (TPSA) is 52.1 Å². The Hall–Kier alpha value is -0.0800. The second kappa shape index (κ2) is 5.48. The van der Waals surface area contributed by atoms with E-state index in [1.54, 1.807) is 0 Å². The average Bonchev–Trinajstić information content (AvgIpc) is 2.76. The highest BCUT2D eigenvalue weighted by Gasteiger charge is 2.60. The number of Topliss-reactive ketones (excluding diaryl/α,β-unsaturated/α-hetero) is 1. The molecule has 7 atom stereocenters. The summed E-state index contributed by atoms with van der Waals surface area (Å²) in [5.74, 6) is 3.79. The van der Waals surface area contributed by atoms with Crippen molar-refractivity contribution in [3.8, 4) is 0 Å². The standard InChI is InChI=1S/C19H29ClO.H3N/c1-18-9-7-13(20)11-12(18)3-4-14-15-5-6-17(21)19(15,2)10-8-16(14)18;/h12-16H,3-11H2,1-2H3;1H3/t12-,13+,14-,15-,16-,18-,19-;/m0./s1. The molecule has 0 aromatic heterocycles. The Balaban J connectivity index is 0.00000144. The highest BCUT2D eigenvalue weighted by molar-refractivity contribution is 6.20. The summed E-state index contributed by atoms with van der Waals surface area (Å²) < 4.78 is 0. The summed E-state index contributed by atoms with van der Waals surface area (Å²) in [7, 11) is 0. The fourth-order valence-corrected chi connectivity index (χ4v) is 7.30. The van der Waals surface area contributed by atoms with Crippen LogP contribution in [0.1, 0.15) is 71.6 Å². The molecule has 0 saturated heterocycles. The van der Waals surface area contributed by atoms with E-state index in [1.807, 2.05) is 0 Å². The molecular formula is C19H32ClNO. The first-order chi connectivity index (χ1) is 9.95. The Morgan fingerprint density at radius 3 is 2.55 bits per heavy atom. The summed E-state index contributed by atoms with van der Waals surface area (Å²) in [6.45, 7) is 4.85. The second-order valence-corrected chi connectivity index (χ2v) is 9.56. The summed E-state index contributed by atoms with van der Waals surface area (Å²) in [5.41, 5.74) is 0.551. The van der Waals surface area contributed by atoms with Crippen molar-refractivity contribution in [3.63, 3.8) is 0 Å². The number of fused-ring (bicyclic) bond motifs is 5. The molecule has 4 rings (SSSR count). The van der Waals surface area contributed by atoms with Crippen molar-refractivity contribution in [2.75, 3.05) is 0 Å². The molecule has 4 aliphatic carbocycles. The molecule has 4 aliphatic rings. The van der Waals surface area contributed by atoms with Gasteiger partial charge in [0.05, 0.1) is 0 Å². The lowest BCUT2D eigenvalue weighted by atomic mass is 9.45. The SMILES string of the molecule is C[C@]12CC[C@@H](Cl)C[C@@H]1CC[C@@H]1[C@@H]2CC[C@]2(C)C(=O)CC[C@@H]12.N. The maximum atomic E-state index is 12.4. The Labute approximate surface area is 140 Å². The predicted molar refractivity (Wildman–Crippen MR) is 91.4 cm³/mol. The molecule has 126 valence electrons. The van der Waals surface area contributed by atoms with Crippen molar-refractivity contribution in [3.05, 3.63) is 0 Å². The molecule has 0 bridgehead atoms. The molecule has 2 nitrogen and oxygen atoms in total. The van der Waals surface area contributed by atoms with Gasteiger partial charge >= 0.3 is 0 Å². The van der Waals surface area contributed by atoms with E-state index in [2.05, 4.69) is 13.8 Å². The normalized spacial score (nSPS) is 54.0. The van der Waals surface area contributed by atoms with Crippen LogP contribution in [0.25, 0.3) is 0 Å². The zero-order chi connectivity index (χ0) is 14.8. The Morgan fingerprint density at radius 1 is 1.00 bits per heavy atom. The van der Waals surface area contributed by atoms with Gasteiger partial charge in [0.1, 0.15) is 5.78 Å². The molecule has 0 heterocycles. The van der Waals surface area contributed by atoms with Crippen molar-refractivity contribution in [1.82, 2.24) is 6.15 Å². The average molecular weight is 326 g/mol. The molecule has 0 amide bonds. The van der Waals surface area contributed by atoms with E-state index in [0.717, 1.165) is 30.6 Å². The third-order valence-corrected chi connectivity index (χ3v) is 8.71. The largest absolute Gasteiger partial charge is 0.344 e. The van der Waals surface area contributed by atoms with Gasteiger partial charge < -0.3 is 6.15 Å². The van der Waals surface area contributed by atoms with Crippen LogP contribution in [0.2, 0.25) is 0 Å². The van der Waals surface area contributed by atoms with Crippen LogP contribution < -0.4 is 6.15 Å². The maximum Gasteiger partial charge on any atom is 0.139 e. The van der Waals surface area contributed by atoms with Crippen LogP contribution in [0.5, 0.6) is 0 Å². The van der Waals surface area contributed by atoms with Crippen molar-refractivity contribution in [1.29, 1.82) is 0 Å². The van der Waals surface area contributed by atoms with Crippen molar-refractivity contribution >= 4 is 17.4 Å². The van der Waals surface area contributed by atoms with E-state index >= 15 is 0 Å². The molecule has 0 spiro atoms. The highest BCUT2D eigenvalue weighted by Crippen LogP contribution is 2.65. The number of alkyl halides is 1.